The van der Waals surface area contributed by atoms with Crippen LogP contribution in [0.25, 0.3) is 5.57 Å². The Morgan fingerprint density at radius 1 is 0.762 bits per heavy atom. The van der Waals surface area contributed by atoms with Crippen molar-refractivity contribution in [2.24, 2.45) is 44.4 Å². The highest BCUT2D eigenvalue weighted by atomic mass is 16.3. The lowest BCUT2D eigenvalue weighted by atomic mass is 10.0. The number of carbonyl (C=O) groups is 5. The van der Waals surface area contributed by atoms with Crippen molar-refractivity contribution in [1.29, 1.82) is 0 Å². The third kappa shape index (κ3) is 16.7. The SMILES string of the molecule is C/C(O)=C(/C(=O)N[C@@H](CCCN=C(N)N)C(N)=O)c1ccccc1.CC(=O)CC(=O)N[C@@H](CCCN=C(N)N)C(N)=O. The van der Waals surface area contributed by atoms with Crippen LogP contribution in [-0.2, 0) is 24.0 Å². The molecule has 0 bridgehead atoms. The number of guanidine groups is 2. The van der Waals surface area contributed by atoms with E-state index in [4.69, 9.17) is 34.4 Å². The first-order chi connectivity index (χ1) is 19.6. The summed E-state index contributed by atoms with van der Waals surface area (Å²) in [5.74, 6) is -2.93. The van der Waals surface area contributed by atoms with Gasteiger partial charge in [0.1, 0.15) is 23.6 Å². The number of nitrogens with zero attached hydrogens (tertiary/aromatic N) is 2. The molecule has 42 heavy (non-hydrogen) atoms. The number of Topliss-reactive ketones (excluding diaryl/α,β-unsaturated/α-hetero) is 1. The number of primary amides is 2. The van der Waals surface area contributed by atoms with Crippen molar-refractivity contribution in [2.45, 2.75) is 58.0 Å². The highest BCUT2D eigenvalue weighted by molar-refractivity contribution is 6.20. The van der Waals surface area contributed by atoms with Crippen molar-refractivity contribution < 1.29 is 29.1 Å². The molecule has 0 fully saturated rings. The number of carbonyl (C=O) groups excluding carboxylic acids is 5. The number of allylic oxidation sites excluding steroid dienone is 1. The minimum absolute atomic E-state index is 0.0359. The van der Waals surface area contributed by atoms with Crippen LogP contribution in [0.2, 0.25) is 0 Å². The predicted molar refractivity (Wildman–Crippen MR) is 159 cm³/mol. The molecular weight excluding hydrogens is 548 g/mol. The number of benzene rings is 1. The summed E-state index contributed by atoms with van der Waals surface area (Å²) < 4.78 is 0. The van der Waals surface area contributed by atoms with E-state index in [0.717, 1.165) is 0 Å². The Kier molecular flexibility index (Phi) is 17.4. The van der Waals surface area contributed by atoms with E-state index in [1.54, 1.807) is 30.3 Å². The van der Waals surface area contributed by atoms with E-state index in [-0.39, 0.29) is 41.9 Å². The van der Waals surface area contributed by atoms with Gasteiger partial charge in [0.2, 0.25) is 17.7 Å². The molecule has 1 rings (SSSR count). The molecule has 0 aliphatic rings. The maximum Gasteiger partial charge on any atom is 0.255 e. The van der Waals surface area contributed by atoms with Crippen LogP contribution in [0.1, 0.15) is 51.5 Å². The predicted octanol–water partition coefficient (Wildman–Crippen LogP) is -2.01. The van der Waals surface area contributed by atoms with Crippen LogP contribution in [0, 0.1) is 0 Å². The Morgan fingerprint density at radius 3 is 1.60 bits per heavy atom. The van der Waals surface area contributed by atoms with Gasteiger partial charge in [-0.3, -0.25) is 34.0 Å². The number of aliphatic hydroxyl groups is 1. The highest BCUT2D eigenvalue weighted by Crippen LogP contribution is 2.18. The number of hydrogen-bond acceptors (Lipinski definition) is 8. The monoisotopic (exact) mass is 590 g/mol. The number of aliphatic imine (C=N–C) groups is 2. The molecule has 1 aromatic carbocycles. The van der Waals surface area contributed by atoms with Crippen LogP contribution < -0.4 is 45.0 Å². The van der Waals surface area contributed by atoms with Gasteiger partial charge in [0.05, 0.1) is 12.0 Å². The van der Waals surface area contributed by atoms with E-state index in [9.17, 15) is 29.1 Å². The Hall–Kier alpha value is -5.15. The van der Waals surface area contributed by atoms with Gasteiger partial charge in [-0.1, -0.05) is 30.3 Å². The number of rotatable bonds is 16. The zero-order chi connectivity index (χ0) is 32.2. The number of amides is 4. The molecule has 0 spiro atoms. The van der Waals surface area contributed by atoms with E-state index < -0.39 is 35.7 Å². The summed E-state index contributed by atoms with van der Waals surface area (Å²) in [6, 6.07) is 6.95. The maximum atomic E-state index is 12.4. The molecule has 0 unspecified atom stereocenters. The van der Waals surface area contributed by atoms with Crippen molar-refractivity contribution in [3.8, 4) is 0 Å². The first-order valence-electron chi connectivity index (χ1n) is 12.9. The van der Waals surface area contributed by atoms with Crippen LogP contribution in [0.15, 0.2) is 46.1 Å². The van der Waals surface area contributed by atoms with Crippen molar-refractivity contribution >= 4 is 46.9 Å². The zero-order valence-electron chi connectivity index (χ0n) is 23.8. The third-order valence-corrected chi connectivity index (χ3v) is 5.28. The van der Waals surface area contributed by atoms with Crippen LogP contribution in [0.5, 0.6) is 0 Å². The molecule has 0 aliphatic carbocycles. The molecule has 232 valence electrons. The van der Waals surface area contributed by atoms with E-state index in [2.05, 4.69) is 20.6 Å². The highest BCUT2D eigenvalue weighted by Gasteiger charge is 2.22. The number of ketones is 1. The molecule has 1 aromatic rings. The summed E-state index contributed by atoms with van der Waals surface area (Å²) >= 11 is 0. The normalized spacial score (nSPS) is 12.1. The largest absolute Gasteiger partial charge is 0.512 e. The van der Waals surface area contributed by atoms with E-state index >= 15 is 0 Å². The molecule has 0 aromatic heterocycles. The van der Waals surface area contributed by atoms with Gasteiger partial charge in [-0.2, -0.15) is 0 Å². The van der Waals surface area contributed by atoms with Gasteiger partial charge < -0.3 is 50.1 Å². The summed E-state index contributed by atoms with van der Waals surface area (Å²) in [5.41, 5.74) is 31.8. The average Bonchev–Trinajstić information content (AvgIpc) is 2.87. The molecule has 0 aliphatic heterocycles. The summed E-state index contributed by atoms with van der Waals surface area (Å²) in [4.78, 5) is 64.6. The number of hydrogen-bond donors (Lipinski definition) is 9. The quantitative estimate of drug-likeness (QED) is 0.0254. The third-order valence-electron chi connectivity index (χ3n) is 5.28. The standard InChI is InChI=1S/C16H23N5O3.C10H19N5O3/c1-10(22)13(11-6-3-2-4-7-11)15(24)21-12(14(17)23)8-5-9-20-16(18)19;1-6(16)5-8(17)15-7(9(11)18)3-2-4-14-10(12)13/h2-4,6-7,12,22H,5,8-9H2,1H3,(H2,17,23)(H,21,24)(H4,18,19,20);7H,2-5H2,1H3,(H2,11,18)(H,15,17)(H4,12,13,14)/b13-10-;/t12-;7-/m00/s1. The summed E-state index contributed by atoms with van der Waals surface area (Å²) in [7, 11) is 0. The van der Waals surface area contributed by atoms with Gasteiger partial charge in [0, 0.05) is 13.1 Å². The second kappa shape index (κ2) is 19.8. The number of nitrogens with two attached hydrogens (primary N) is 6. The first-order valence-corrected chi connectivity index (χ1v) is 12.9. The molecule has 0 saturated carbocycles. The van der Waals surface area contributed by atoms with Gasteiger partial charge in [-0.25, -0.2) is 0 Å². The Labute approximate surface area is 244 Å². The van der Waals surface area contributed by atoms with Crippen LogP contribution in [0.3, 0.4) is 0 Å². The Balaban J connectivity index is 0.000000837. The zero-order valence-corrected chi connectivity index (χ0v) is 23.8. The minimum atomic E-state index is -0.884. The van der Waals surface area contributed by atoms with Gasteiger partial charge in [-0.15, -0.1) is 0 Å². The molecule has 16 nitrogen and oxygen atoms in total. The maximum absolute atomic E-state index is 12.4. The molecule has 2 atom stereocenters. The second-order valence-electron chi connectivity index (χ2n) is 9.05. The molecular formula is C26H42N10O6. The van der Waals surface area contributed by atoms with Crippen molar-refractivity contribution in [3.05, 3.63) is 41.7 Å². The molecule has 0 saturated heterocycles. The minimum Gasteiger partial charge on any atom is -0.512 e. The number of aliphatic hydroxyl groups excluding tert-OH is 1. The van der Waals surface area contributed by atoms with E-state index in [0.29, 0.717) is 37.9 Å². The second-order valence-corrected chi connectivity index (χ2v) is 9.05. The van der Waals surface area contributed by atoms with E-state index in [1.165, 1.54) is 13.8 Å². The van der Waals surface area contributed by atoms with Crippen molar-refractivity contribution in [3.63, 3.8) is 0 Å². The fraction of sp³-hybridized carbons (Fsp3) is 0.423. The molecule has 0 heterocycles. The molecule has 16 heteroatoms. The lowest BCUT2D eigenvalue weighted by Gasteiger charge is -2.17. The first kappa shape index (κ1) is 36.8. The summed E-state index contributed by atoms with van der Waals surface area (Å²) in [5, 5.41) is 14.8. The lowest BCUT2D eigenvalue weighted by Crippen LogP contribution is -2.45. The smallest absolute Gasteiger partial charge is 0.255 e. The number of nitrogens with one attached hydrogen (secondary N) is 2. The fourth-order valence-electron chi connectivity index (χ4n) is 3.39. The van der Waals surface area contributed by atoms with Crippen molar-refractivity contribution in [1.82, 2.24) is 10.6 Å². The molecule has 4 amide bonds. The van der Waals surface area contributed by atoms with Gasteiger partial charge >= 0.3 is 0 Å². The average molecular weight is 591 g/mol. The van der Waals surface area contributed by atoms with Gasteiger partial charge in [-0.05, 0) is 45.1 Å². The van der Waals surface area contributed by atoms with E-state index in [1.807, 2.05) is 0 Å². The van der Waals surface area contributed by atoms with Crippen LogP contribution >= 0.6 is 0 Å². The molecule has 15 N–H and O–H groups in total. The topological polar surface area (TPSA) is 310 Å². The van der Waals surface area contributed by atoms with Gasteiger partial charge in [0.25, 0.3) is 5.91 Å². The Bertz CT molecular complexity index is 1160. The Morgan fingerprint density at radius 2 is 1.21 bits per heavy atom. The van der Waals surface area contributed by atoms with Gasteiger partial charge in [0.15, 0.2) is 11.9 Å². The summed E-state index contributed by atoms with van der Waals surface area (Å²) in [6.45, 7) is 3.36. The molecule has 0 radical (unpaired) electrons. The van der Waals surface area contributed by atoms with Crippen molar-refractivity contribution in [2.75, 3.05) is 13.1 Å². The lowest BCUT2D eigenvalue weighted by molar-refractivity contribution is -0.130. The summed E-state index contributed by atoms with van der Waals surface area (Å²) in [6.07, 6.45) is 1.29. The van der Waals surface area contributed by atoms with Crippen LogP contribution in [0.4, 0.5) is 0 Å². The fourth-order valence-corrected chi connectivity index (χ4v) is 3.39. The van der Waals surface area contributed by atoms with Crippen LogP contribution in [-0.4, -0.2) is 71.6 Å².